The first-order valence-corrected chi connectivity index (χ1v) is 13.2. The topological polar surface area (TPSA) is 52.7 Å². The van der Waals surface area contributed by atoms with E-state index in [1.807, 2.05) is 4.90 Å². The van der Waals surface area contributed by atoms with E-state index in [1.54, 1.807) is 24.3 Å². The van der Waals surface area contributed by atoms with Gasteiger partial charge in [-0.1, -0.05) is 32.9 Å². The Morgan fingerprint density at radius 2 is 1.78 bits per heavy atom. The summed E-state index contributed by atoms with van der Waals surface area (Å²) in [7, 11) is 1.49. The minimum Gasteiger partial charge on any atom is -0.335 e. The molecule has 1 aliphatic carbocycles. The second-order valence-corrected chi connectivity index (χ2v) is 12.0. The summed E-state index contributed by atoms with van der Waals surface area (Å²) >= 11 is 0.747. The van der Waals surface area contributed by atoms with Crippen LogP contribution in [0.25, 0.3) is 0 Å². The van der Waals surface area contributed by atoms with Gasteiger partial charge in [-0.2, -0.15) is 0 Å². The minimum absolute atomic E-state index is 0.0206. The predicted octanol–water partition coefficient (Wildman–Crippen LogP) is 6.53. The average Bonchev–Trinajstić information content (AvgIpc) is 3.06. The Kier molecular flexibility index (Phi) is 7.07. The number of likely N-dealkylation sites (tertiary alicyclic amines) is 1. The van der Waals surface area contributed by atoms with Gasteiger partial charge in [-0.25, -0.2) is 18.0 Å². The molecule has 2 fully saturated rings. The molecule has 0 radical (unpaired) electrons. The van der Waals surface area contributed by atoms with E-state index in [0.717, 1.165) is 49.2 Å². The number of rotatable bonds is 5. The number of carbonyl (C=O) groups is 2. The number of carbonyl (C=O) groups excluding carboxylic acids is 2. The van der Waals surface area contributed by atoms with Crippen molar-refractivity contribution >= 4 is 29.4 Å². The highest BCUT2D eigenvalue weighted by atomic mass is 32.2. The minimum atomic E-state index is -1.33. The second kappa shape index (κ2) is 9.65. The standard InChI is InChI=1S/C27H32F3N3O2S/c1-26(2)11-18-12-27(3,14-26)15-33(18)24(34)17-8-6-16(7-9-17)13-32(4)25(35)31-20-10-19(28)23(36-5)22(30)21(20)29/h6-10,18H,11-15H2,1-5H3,(H,31,35). The van der Waals surface area contributed by atoms with E-state index in [-0.39, 0.29) is 29.3 Å². The number of fused-ring (bicyclic) bond motifs is 2. The zero-order chi connectivity index (χ0) is 26.4. The molecule has 2 bridgehead atoms. The highest BCUT2D eigenvalue weighted by Crippen LogP contribution is 2.52. The predicted molar refractivity (Wildman–Crippen MR) is 136 cm³/mol. The number of hydrogen-bond donors (Lipinski definition) is 1. The molecule has 0 spiro atoms. The summed E-state index contributed by atoms with van der Waals surface area (Å²) in [5.74, 6) is -3.57. The van der Waals surface area contributed by atoms with Crippen molar-refractivity contribution in [3.05, 3.63) is 58.9 Å². The number of amides is 3. The SMILES string of the molecule is CSc1c(F)cc(NC(=O)N(C)Cc2ccc(C(=O)N3CC4(C)CC3CC(C)(C)C4)cc2)c(F)c1F. The van der Waals surface area contributed by atoms with Crippen LogP contribution in [0.15, 0.2) is 35.2 Å². The smallest absolute Gasteiger partial charge is 0.321 e. The molecule has 2 aliphatic rings. The Morgan fingerprint density at radius 1 is 1.11 bits per heavy atom. The van der Waals surface area contributed by atoms with E-state index in [9.17, 15) is 22.8 Å². The summed E-state index contributed by atoms with van der Waals surface area (Å²) in [6.07, 6.45) is 4.58. The van der Waals surface area contributed by atoms with Gasteiger partial charge in [-0.3, -0.25) is 4.79 Å². The van der Waals surface area contributed by atoms with Gasteiger partial charge in [-0.05, 0) is 54.0 Å². The number of anilines is 1. The first-order valence-electron chi connectivity index (χ1n) is 12.0. The fraction of sp³-hybridized carbons (Fsp3) is 0.481. The summed E-state index contributed by atoms with van der Waals surface area (Å²) in [6.45, 7) is 7.74. The van der Waals surface area contributed by atoms with Gasteiger partial charge in [0.25, 0.3) is 5.91 Å². The van der Waals surface area contributed by atoms with Crippen LogP contribution in [0, 0.1) is 28.3 Å². The van der Waals surface area contributed by atoms with Gasteiger partial charge in [0, 0.05) is 37.8 Å². The molecule has 2 unspecified atom stereocenters. The molecule has 3 amide bonds. The van der Waals surface area contributed by atoms with Crippen LogP contribution in [0.3, 0.4) is 0 Å². The van der Waals surface area contributed by atoms with Crippen LogP contribution in [-0.4, -0.2) is 47.6 Å². The van der Waals surface area contributed by atoms with Gasteiger partial charge in [0.15, 0.2) is 11.6 Å². The van der Waals surface area contributed by atoms with Crippen LogP contribution < -0.4 is 5.32 Å². The molecule has 2 atom stereocenters. The average molecular weight is 520 g/mol. The van der Waals surface area contributed by atoms with Crippen molar-refractivity contribution < 1.29 is 22.8 Å². The van der Waals surface area contributed by atoms with Crippen LogP contribution in [0.4, 0.5) is 23.7 Å². The highest BCUT2D eigenvalue weighted by molar-refractivity contribution is 7.98. The Labute approximate surface area is 214 Å². The quantitative estimate of drug-likeness (QED) is 0.361. The summed E-state index contributed by atoms with van der Waals surface area (Å²) in [6, 6.07) is 7.36. The van der Waals surface area contributed by atoms with E-state index in [0.29, 0.717) is 5.56 Å². The molecule has 9 heteroatoms. The number of urea groups is 1. The summed E-state index contributed by atoms with van der Waals surface area (Å²) in [5, 5.41) is 2.22. The Bertz CT molecular complexity index is 1190. The first kappa shape index (κ1) is 26.4. The number of halogens is 3. The molecule has 1 aliphatic heterocycles. The third-order valence-corrected chi connectivity index (χ3v) is 7.99. The van der Waals surface area contributed by atoms with Crippen molar-refractivity contribution in [3.8, 4) is 0 Å². The fourth-order valence-corrected chi connectivity index (χ4v) is 6.55. The Hall–Kier alpha value is -2.68. The summed E-state index contributed by atoms with van der Waals surface area (Å²) in [5.41, 5.74) is 1.17. The van der Waals surface area contributed by atoms with E-state index < -0.39 is 34.1 Å². The van der Waals surface area contributed by atoms with Crippen LogP contribution in [0.2, 0.25) is 0 Å². The van der Waals surface area contributed by atoms with E-state index in [1.165, 1.54) is 18.2 Å². The molecule has 4 rings (SSSR count). The van der Waals surface area contributed by atoms with Gasteiger partial charge >= 0.3 is 6.03 Å². The molecule has 2 aromatic rings. The van der Waals surface area contributed by atoms with Crippen molar-refractivity contribution in [3.63, 3.8) is 0 Å². The molecule has 5 nitrogen and oxygen atoms in total. The maximum absolute atomic E-state index is 14.3. The Morgan fingerprint density at radius 3 is 2.42 bits per heavy atom. The monoisotopic (exact) mass is 519 g/mol. The van der Waals surface area contributed by atoms with Gasteiger partial charge in [0.05, 0.1) is 10.6 Å². The second-order valence-electron chi connectivity index (χ2n) is 11.2. The molecule has 36 heavy (non-hydrogen) atoms. The van der Waals surface area contributed by atoms with Gasteiger partial charge in [-0.15, -0.1) is 11.8 Å². The summed E-state index contributed by atoms with van der Waals surface area (Å²) < 4.78 is 42.3. The van der Waals surface area contributed by atoms with Crippen molar-refractivity contribution in [1.29, 1.82) is 0 Å². The normalized spacial score (nSPS) is 22.4. The molecule has 2 aromatic carbocycles. The first-order chi connectivity index (χ1) is 16.8. The lowest BCUT2D eigenvalue weighted by Crippen LogP contribution is -2.37. The zero-order valence-electron chi connectivity index (χ0n) is 21.3. The lowest BCUT2D eigenvalue weighted by molar-refractivity contribution is 0.0708. The highest BCUT2D eigenvalue weighted by Gasteiger charge is 2.51. The number of nitrogens with zero attached hydrogens (tertiary/aromatic N) is 2. The van der Waals surface area contributed by atoms with Crippen molar-refractivity contribution in [1.82, 2.24) is 9.80 Å². The largest absolute Gasteiger partial charge is 0.335 e. The van der Waals surface area contributed by atoms with Crippen LogP contribution in [-0.2, 0) is 6.54 Å². The number of benzene rings is 2. The van der Waals surface area contributed by atoms with E-state index >= 15 is 0 Å². The van der Waals surface area contributed by atoms with Gasteiger partial charge < -0.3 is 15.1 Å². The molecule has 194 valence electrons. The zero-order valence-corrected chi connectivity index (χ0v) is 22.1. The third kappa shape index (κ3) is 5.21. The van der Waals surface area contributed by atoms with Crippen molar-refractivity contribution in [2.75, 3.05) is 25.2 Å². The van der Waals surface area contributed by atoms with Gasteiger partial charge in [0.2, 0.25) is 0 Å². The molecular formula is C27H32F3N3O2S. The fourth-order valence-electron chi connectivity index (χ4n) is 6.03. The van der Waals surface area contributed by atoms with Crippen molar-refractivity contribution in [2.24, 2.45) is 10.8 Å². The van der Waals surface area contributed by atoms with Gasteiger partial charge in [0.1, 0.15) is 5.82 Å². The number of hydrogen-bond acceptors (Lipinski definition) is 3. The molecule has 1 N–H and O–H groups in total. The molecule has 1 saturated heterocycles. The lowest BCUT2D eigenvalue weighted by Gasteiger charge is -2.39. The molecule has 0 aromatic heterocycles. The maximum Gasteiger partial charge on any atom is 0.321 e. The molecule has 1 saturated carbocycles. The summed E-state index contributed by atoms with van der Waals surface area (Å²) in [4.78, 5) is 28.6. The molecular weight excluding hydrogens is 487 g/mol. The number of thioether (sulfide) groups is 1. The van der Waals surface area contributed by atoms with Crippen LogP contribution in [0.5, 0.6) is 0 Å². The van der Waals surface area contributed by atoms with Crippen molar-refractivity contribution in [2.45, 2.75) is 57.5 Å². The Balaban J connectivity index is 1.40. The molecule has 1 heterocycles. The maximum atomic E-state index is 14.3. The van der Waals surface area contributed by atoms with Crippen LogP contribution >= 0.6 is 11.8 Å². The number of nitrogens with one attached hydrogen (secondary N) is 1. The van der Waals surface area contributed by atoms with E-state index in [4.69, 9.17) is 0 Å². The van der Waals surface area contributed by atoms with Crippen LogP contribution in [0.1, 0.15) is 56.0 Å². The third-order valence-electron chi connectivity index (χ3n) is 7.21. The lowest BCUT2D eigenvalue weighted by atomic mass is 9.65. The van der Waals surface area contributed by atoms with E-state index in [2.05, 4.69) is 26.1 Å².